The largest absolute Gasteiger partial charge is 0.196 e. The van der Waals surface area contributed by atoms with Gasteiger partial charge in [0, 0.05) is 6.07 Å². The summed E-state index contributed by atoms with van der Waals surface area (Å²) < 4.78 is 1.85. The fourth-order valence-corrected chi connectivity index (χ4v) is 0.801. The predicted octanol–water partition coefficient (Wildman–Crippen LogP) is 0.299. The van der Waals surface area contributed by atoms with Crippen LogP contribution in [0.2, 0.25) is 0 Å². The molecule has 1 rings (SSSR count). The summed E-state index contributed by atoms with van der Waals surface area (Å²) in [5.41, 5.74) is 0. The van der Waals surface area contributed by atoms with E-state index in [0.29, 0.717) is 0 Å². The van der Waals surface area contributed by atoms with Crippen LogP contribution in [-0.2, 0) is 6.54 Å². The second kappa shape index (κ2) is 3.45. The summed E-state index contributed by atoms with van der Waals surface area (Å²) in [6.07, 6.45) is 3.69. The number of hydrogen-bond acceptors (Lipinski definition) is 2. The van der Waals surface area contributed by atoms with Gasteiger partial charge in [0.2, 0.25) is 0 Å². The van der Waals surface area contributed by atoms with Crippen molar-refractivity contribution in [3.63, 3.8) is 0 Å². The van der Waals surface area contributed by atoms with E-state index in [1.165, 1.54) is 0 Å². The first-order valence-corrected chi connectivity index (χ1v) is 3.48. The molecule has 0 saturated heterocycles. The molecule has 0 N–H and O–H groups in total. The molecule has 0 amide bonds. The van der Waals surface area contributed by atoms with Gasteiger partial charge in [-0.2, -0.15) is 12.6 Å². The summed E-state index contributed by atoms with van der Waals surface area (Å²) in [6.45, 7) is 0.879. The predicted molar refractivity (Wildman–Crippen MR) is 38.3 cm³/mol. The van der Waals surface area contributed by atoms with Crippen molar-refractivity contribution in [2.75, 3.05) is 5.75 Å². The van der Waals surface area contributed by atoms with E-state index in [9.17, 15) is 0 Å². The first kappa shape index (κ1) is 6.55. The maximum absolute atomic E-state index is 4.07. The van der Waals surface area contributed by atoms with Crippen molar-refractivity contribution in [1.82, 2.24) is 5.10 Å². The van der Waals surface area contributed by atoms with Crippen LogP contribution in [0.4, 0.5) is 0 Å². The molecule has 0 aliphatic rings. The van der Waals surface area contributed by atoms with E-state index in [4.69, 9.17) is 0 Å². The summed E-state index contributed by atoms with van der Waals surface area (Å²) in [6, 6.07) is 3.85. The highest BCUT2D eigenvalue weighted by Crippen LogP contribution is 1.73. The average molecular weight is 141 g/mol. The lowest BCUT2D eigenvalue weighted by Crippen LogP contribution is -2.37. The lowest BCUT2D eigenvalue weighted by molar-refractivity contribution is -0.749. The van der Waals surface area contributed by atoms with Gasteiger partial charge in [0.05, 0.1) is 11.9 Å². The van der Waals surface area contributed by atoms with E-state index >= 15 is 0 Å². The highest BCUT2D eigenvalue weighted by molar-refractivity contribution is 7.80. The fraction of sp³-hybridized carbons (Fsp3) is 0.333. The van der Waals surface area contributed by atoms with Gasteiger partial charge < -0.3 is 0 Å². The van der Waals surface area contributed by atoms with Crippen LogP contribution >= 0.6 is 12.6 Å². The molecule has 0 aromatic carbocycles. The molecule has 1 heterocycles. The van der Waals surface area contributed by atoms with Crippen LogP contribution in [0.1, 0.15) is 0 Å². The van der Waals surface area contributed by atoms with E-state index in [-0.39, 0.29) is 0 Å². The van der Waals surface area contributed by atoms with Crippen LogP contribution in [0.5, 0.6) is 0 Å². The van der Waals surface area contributed by atoms with Crippen LogP contribution < -0.4 is 4.68 Å². The Bertz CT molecular complexity index is 164. The Morgan fingerprint density at radius 2 is 2.33 bits per heavy atom. The Balaban J connectivity index is 2.61. The van der Waals surface area contributed by atoms with Crippen LogP contribution in [0.25, 0.3) is 0 Å². The molecule has 1 aromatic rings. The molecule has 3 heteroatoms. The standard InChI is InChI=1S/C6H8N2S/c9-6-5-8-4-2-1-3-7-8/h1-4H,5-6H2/p+1. The lowest BCUT2D eigenvalue weighted by atomic mass is 10.6. The van der Waals surface area contributed by atoms with E-state index < -0.39 is 0 Å². The number of aromatic nitrogens is 2. The number of aryl methyl sites for hydroxylation is 1. The third-order valence-corrected chi connectivity index (χ3v) is 1.20. The second-order valence-corrected chi connectivity index (χ2v) is 2.13. The number of nitrogens with zero attached hydrogens (tertiary/aromatic N) is 2. The summed E-state index contributed by atoms with van der Waals surface area (Å²) in [5, 5.41) is 4.04. The van der Waals surface area contributed by atoms with Crippen molar-refractivity contribution >= 4 is 12.6 Å². The molecule has 0 radical (unpaired) electrons. The minimum Gasteiger partial charge on any atom is -0.173 e. The molecule has 0 aliphatic carbocycles. The van der Waals surface area contributed by atoms with E-state index in [1.807, 2.05) is 23.0 Å². The third-order valence-electron chi connectivity index (χ3n) is 0.999. The molecule has 0 spiro atoms. The Hall–Kier alpha value is -0.570. The fourth-order valence-electron chi connectivity index (χ4n) is 0.596. The molecule has 0 saturated carbocycles. The highest BCUT2D eigenvalue weighted by atomic mass is 32.1. The molecular formula is C6H9N2S+. The van der Waals surface area contributed by atoms with Crippen molar-refractivity contribution in [2.24, 2.45) is 0 Å². The topological polar surface area (TPSA) is 16.8 Å². The van der Waals surface area contributed by atoms with Gasteiger partial charge in [0.1, 0.15) is 0 Å². The minimum absolute atomic E-state index is 0.835. The van der Waals surface area contributed by atoms with Gasteiger partial charge in [0.25, 0.3) is 0 Å². The van der Waals surface area contributed by atoms with Gasteiger partial charge in [-0.3, -0.25) is 0 Å². The second-order valence-electron chi connectivity index (χ2n) is 1.69. The van der Waals surface area contributed by atoms with Gasteiger partial charge >= 0.3 is 0 Å². The van der Waals surface area contributed by atoms with Crippen molar-refractivity contribution in [2.45, 2.75) is 6.54 Å². The van der Waals surface area contributed by atoms with Crippen molar-refractivity contribution in [1.29, 1.82) is 0 Å². The SMILES string of the molecule is SCC[n+]1ccccn1. The zero-order valence-corrected chi connectivity index (χ0v) is 5.96. The molecule has 0 atom stereocenters. The number of rotatable bonds is 2. The molecule has 0 unspecified atom stereocenters. The maximum atomic E-state index is 4.07. The number of hydrogen-bond donors (Lipinski definition) is 1. The van der Waals surface area contributed by atoms with E-state index in [1.54, 1.807) is 6.20 Å². The summed E-state index contributed by atoms with van der Waals surface area (Å²) in [7, 11) is 0. The van der Waals surface area contributed by atoms with Crippen LogP contribution in [-0.4, -0.2) is 10.9 Å². The molecule has 9 heavy (non-hydrogen) atoms. The third kappa shape index (κ3) is 2.01. The number of thiol groups is 1. The monoisotopic (exact) mass is 141 g/mol. The van der Waals surface area contributed by atoms with Crippen molar-refractivity contribution < 1.29 is 4.68 Å². The van der Waals surface area contributed by atoms with E-state index in [2.05, 4.69) is 17.7 Å². The zero-order valence-electron chi connectivity index (χ0n) is 5.07. The van der Waals surface area contributed by atoms with Crippen LogP contribution in [0, 0.1) is 0 Å². The van der Waals surface area contributed by atoms with Crippen molar-refractivity contribution in [3.05, 3.63) is 24.5 Å². The van der Waals surface area contributed by atoms with Crippen LogP contribution in [0.15, 0.2) is 24.5 Å². The average Bonchev–Trinajstić information content (AvgIpc) is 1.91. The summed E-state index contributed by atoms with van der Waals surface area (Å²) >= 11 is 4.07. The zero-order chi connectivity index (χ0) is 6.53. The smallest absolute Gasteiger partial charge is 0.173 e. The summed E-state index contributed by atoms with van der Waals surface area (Å²) in [4.78, 5) is 0. The quantitative estimate of drug-likeness (QED) is 0.463. The molecule has 0 bridgehead atoms. The summed E-state index contributed by atoms with van der Waals surface area (Å²) in [5.74, 6) is 0.835. The van der Waals surface area contributed by atoms with Gasteiger partial charge in [0.15, 0.2) is 12.7 Å². The molecule has 48 valence electrons. The van der Waals surface area contributed by atoms with Crippen molar-refractivity contribution in [3.8, 4) is 0 Å². The first-order valence-electron chi connectivity index (χ1n) is 2.85. The Morgan fingerprint density at radius 3 is 2.89 bits per heavy atom. The van der Waals surface area contributed by atoms with Gasteiger partial charge in [-0.05, 0) is 11.2 Å². The Morgan fingerprint density at radius 1 is 1.44 bits per heavy atom. The normalized spacial score (nSPS) is 9.44. The molecule has 0 aliphatic heterocycles. The van der Waals surface area contributed by atoms with Crippen LogP contribution in [0.3, 0.4) is 0 Å². The van der Waals surface area contributed by atoms with E-state index in [0.717, 1.165) is 12.3 Å². The minimum atomic E-state index is 0.835. The Kier molecular flexibility index (Phi) is 2.51. The maximum Gasteiger partial charge on any atom is 0.196 e. The molecule has 1 aromatic heterocycles. The molecular weight excluding hydrogens is 132 g/mol. The molecule has 0 fully saturated rings. The Labute approximate surface area is 59.9 Å². The van der Waals surface area contributed by atoms with Gasteiger partial charge in [-0.25, -0.2) is 0 Å². The first-order chi connectivity index (χ1) is 4.43. The highest BCUT2D eigenvalue weighted by Gasteiger charge is 1.93. The molecule has 2 nitrogen and oxygen atoms in total. The van der Waals surface area contributed by atoms with Gasteiger partial charge in [-0.15, -0.1) is 0 Å². The van der Waals surface area contributed by atoms with Gasteiger partial charge in [-0.1, -0.05) is 4.68 Å². The lowest BCUT2D eigenvalue weighted by Gasteiger charge is -1.85.